The number of anilines is 1. The molecule has 0 aliphatic carbocycles. The summed E-state index contributed by atoms with van der Waals surface area (Å²) in [6.07, 6.45) is 0. The number of nitrogens with zero attached hydrogens (tertiary/aromatic N) is 5. The van der Waals surface area contributed by atoms with Crippen LogP contribution in [0.1, 0.15) is 25.6 Å². The van der Waals surface area contributed by atoms with E-state index < -0.39 is 0 Å². The molecule has 0 amide bonds. The zero-order valence-electron chi connectivity index (χ0n) is 9.29. The fourth-order valence-corrected chi connectivity index (χ4v) is 3.10. The zero-order valence-corrected chi connectivity index (χ0v) is 11.7. The van der Waals surface area contributed by atoms with Crippen LogP contribution in [-0.4, -0.2) is 24.4 Å². The molecular formula is C8H11ClN6S2. The lowest BCUT2D eigenvalue weighted by Crippen LogP contribution is -2.07. The van der Waals surface area contributed by atoms with Crippen molar-refractivity contribution in [2.24, 2.45) is 0 Å². The SMILES string of the molecule is CC(C)n1c(N)nnc1SCc1nnsc1Cl. The first-order chi connectivity index (χ1) is 8.09. The number of aromatic nitrogens is 5. The van der Waals surface area contributed by atoms with Gasteiger partial charge in [-0.25, -0.2) is 0 Å². The van der Waals surface area contributed by atoms with E-state index in [9.17, 15) is 0 Å². The summed E-state index contributed by atoms with van der Waals surface area (Å²) in [5.74, 6) is 1.03. The first kappa shape index (κ1) is 12.6. The molecule has 0 saturated carbocycles. The molecule has 2 N–H and O–H groups in total. The van der Waals surface area contributed by atoms with E-state index in [1.807, 2.05) is 18.4 Å². The number of hydrogen-bond donors (Lipinski definition) is 1. The molecule has 0 unspecified atom stereocenters. The van der Waals surface area contributed by atoms with E-state index in [1.165, 1.54) is 23.3 Å². The molecule has 0 fully saturated rings. The van der Waals surface area contributed by atoms with Crippen molar-refractivity contribution in [3.05, 3.63) is 10.0 Å². The first-order valence-corrected chi connectivity index (χ1v) is 7.03. The summed E-state index contributed by atoms with van der Waals surface area (Å²) in [5, 5.41) is 12.6. The predicted molar refractivity (Wildman–Crippen MR) is 69.3 cm³/mol. The molecule has 0 aliphatic heterocycles. The van der Waals surface area contributed by atoms with Gasteiger partial charge in [-0.2, -0.15) is 0 Å². The van der Waals surface area contributed by atoms with Gasteiger partial charge in [-0.15, -0.1) is 15.3 Å². The Morgan fingerprint density at radius 2 is 2.18 bits per heavy atom. The molecule has 2 heterocycles. The molecule has 0 spiro atoms. The summed E-state index contributed by atoms with van der Waals surface area (Å²) in [5.41, 5.74) is 6.51. The minimum Gasteiger partial charge on any atom is -0.368 e. The number of nitrogen functional groups attached to an aromatic ring is 1. The Balaban J connectivity index is 2.12. The third-order valence-electron chi connectivity index (χ3n) is 2.05. The van der Waals surface area contributed by atoms with E-state index >= 15 is 0 Å². The van der Waals surface area contributed by atoms with Crippen LogP contribution in [0.15, 0.2) is 5.16 Å². The molecule has 0 bridgehead atoms. The maximum atomic E-state index is 5.93. The molecule has 0 aromatic carbocycles. The smallest absolute Gasteiger partial charge is 0.222 e. The lowest BCUT2D eigenvalue weighted by atomic mass is 10.4. The summed E-state index contributed by atoms with van der Waals surface area (Å²) in [4.78, 5) is 0. The van der Waals surface area contributed by atoms with Crippen molar-refractivity contribution in [1.82, 2.24) is 24.4 Å². The van der Waals surface area contributed by atoms with E-state index in [1.54, 1.807) is 0 Å². The van der Waals surface area contributed by atoms with Gasteiger partial charge in [-0.1, -0.05) is 27.9 Å². The van der Waals surface area contributed by atoms with Crippen LogP contribution in [0.5, 0.6) is 0 Å². The average Bonchev–Trinajstić information content (AvgIpc) is 2.82. The first-order valence-electron chi connectivity index (χ1n) is 4.89. The van der Waals surface area contributed by atoms with Gasteiger partial charge in [0.2, 0.25) is 5.95 Å². The lowest BCUT2D eigenvalue weighted by Gasteiger charge is -2.10. The molecule has 6 nitrogen and oxygen atoms in total. The van der Waals surface area contributed by atoms with Gasteiger partial charge < -0.3 is 5.73 Å². The highest BCUT2D eigenvalue weighted by atomic mass is 35.5. The predicted octanol–water partition coefficient (Wildman–Crippen LogP) is 2.24. The van der Waals surface area contributed by atoms with Crippen molar-refractivity contribution in [2.75, 3.05) is 5.73 Å². The highest BCUT2D eigenvalue weighted by Gasteiger charge is 2.14. The minimum atomic E-state index is 0.219. The number of halogens is 1. The number of thioether (sulfide) groups is 1. The summed E-state index contributed by atoms with van der Waals surface area (Å²) >= 11 is 8.60. The molecule has 0 saturated heterocycles. The monoisotopic (exact) mass is 290 g/mol. The van der Waals surface area contributed by atoms with Crippen molar-refractivity contribution in [3.63, 3.8) is 0 Å². The van der Waals surface area contributed by atoms with Crippen LogP contribution in [0.25, 0.3) is 0 Å². The molecule has 9 heteroatoms. The molecule has 92 valence electrons. The fraction of sp³-hybridized carbons (Fsp3) is 0.500. The normalized spacial score (nSPS) is 11.3. The zero-order chi connectivity index (χ0) is 12.4. The van der Waals surface area contributed by atoms with Gasteiger partial charge in [0, 0.05) is 23.3 Å². The number of rotatable bonds is 4. The third-order valence-corrected chi connectivity index (χ3v) is 3.99. The Kier molecular flexibility index (Phi) is 3.85. The van der Waals surface area contributed by atoms with E-state index in [4.69, 9.17) is 17.3 Å². The molecular weight excluding hydrogens is 280 g/mol. The van der Waals surface area contributed by atoms with Gasteiger partial charge in [0.05, 0.1) is 0 Å². The summed E-state index contributed by atoms with van der Waals surface area (Å²) < 4.78 is 6.26. The molecule has 2 rings (SSSR count). The topological polar surface area (TPSA) is 82.5 Å². The van der Waals surface area contributed by atoms with Crippen molar-refractivity contribution in [2.45, 2.75) is 30.8 Å². The Morgan fingerprint density at radius 3 is 2.76 bits per heavy atom. The lowest BCUT2D eigenvalue weighted by molar-refractivity contribution is 0.557. The second-order valence-electron chi connectivity index (χ2n) is 3.59. The molecule has 17 heavy (non-hydrogen) atoms. The van der Waals surface area contributed by atoms with Crippen LogP contribution < -0.4 is 5.73 Å². The van der Waals surface area contributed by atoms with Crippen molar-refractivity contribution in [1.29, 1.82) is 0 Å². The minimum absolute atomic E-state index is 0.219. The van der Waals surface area contributed by atoms with Gasteiger partial charge in [0.1, 0.15) is 10.0 Å². The summed E-state index contributed by atoms with van der Waals surface area (Å²) in [7, 11) is 0. The van der Waals surface area contributed by atoms with E-state index in [2.05, 4.69) is 19.8 Å². The van der Waals surface area contributed by atoms with Gasteiger partial charge in [-0.3, -0.25) is 4.57 Å². The summed E-state index contributed by atoms with van der Waals surface area (Å²) in [6.45, 7) is 4.06. The maximum absolute atomic E-state index is 5.93. The van der Waals surface area contributed by atoms with Crippen LogP contribution >= 0.6 is 34.9 Å². The van der Waals surface area contributed by atoms with Crippen LogP contribution in [0, 0.1) is 0 Å². The van der Waals surface area contributed by atoms with E-state index in [-0.39, 0.29) is 6.04 Å². The molecule has 0 atom stereocenters. The highest BCUT2D eigenvalue weighted by molar-refractivity contribution is 7.98. The van der Waals surface area contributed by atoms with Crippen LogP contribution in [-0.2, 0) is 5.75 Å². The Bertz CT molecular complexity index is 508. The quantitative estimate of drug-likeness (QED) is 0.870. The molecule has 2 aromatic rings. The third kappa shape index (κ3) is 2.70. The second kappa shape index (κ2) is 5.19. The number of nitrogens with two attached hydrogens (primary N) is 1. The Labute approximate surface area is 112 Å². The molecule has 0 aliphatic rings. The largest absolute Gasteiger partial charge is 0.368 e. The van der Waals surface area contributed by atoms with Gasteiger partial charge in [0.25, 0.3) is 0 Å². The van der Waals surface area contributed by atoms with Crippen molar-refractivity contribution in [3.8, 4) is 0 Å². The van der Waals surface area contributed by atoms with Crippen LogP contribution in [0.4, 0.5) is 5.95 Å². The van der Waals surface area contributed by atoms with Gasteiger partial charge in [0.15, 0.2) is 5.16 Å². The maximum Gasteiger partial charge on any atom is 0.222 e. The van der Waals surface area contributed by atoms with Gasteiger partial charge >= 0.3 is 0 Å². The van der Waals surface area contributed by atoms with Crippen molar-refractivity contribution >= 4 is 40.8 Å². The van der Waals surface area contributed by atoms with E-state index in [0.29, 0.717) is 16.0 Å². The van der Waals surface area contributed by atoms with Crippen LogP contribution in [0.3, 0.4) is 0 Å². The average molecular weight is 291 g/mol. The number of hydrogen-bond acceptors (Lipinski definition) is 7. The molecule has 0 radical (unpaired) electrons. The highest BCUT2D eigenvalue weighted by Crippen LogP contribution is 2.28. The van der Waals surface area contributed by atoms with E-state index in [0.717, 1.165) is 10.9 Å². The Hall–Kier alpha value is -0.860. The van der Waals surface area contributed by atoms with Crippen molar-refractivity contribution < 1.29 is 0 Å². The molecule has 2 aromatic heterocycles. The fourth-order valence-electron chi connectivity index (χ4n) is 1.29. The second-order valence-corrected chi connectivity index (χ2v) is 5.89. The van der Waals surface area contributed by atoms with Gasteiger partial charge in [-0.05, 0) is 13.8 Å². The Morgan fingerprint density at radius 1 is 1.41 bits per heavy atom. The van der Waals surface area contributed by atoms with Crippen LogP contribution in [0.2, 0.25) is 4.34 Å². The standard InChI is InChI=1S/C8H11ClN6S2/c1-4(2)15-7(10)12-13-8(15)16-3-5-6(9)17-14-11-5/h4H,3H2,1-2H3,(H2,10,12). The summed E-state index contributed by atoms with van der Waals surface area (Å²) in [6, 6.07) is 0.219.